The first-order valence-corrected chi connectivity index (χ1v) is 7.20. The van der Waals surface area contributed by atoms with Crippen molar-refractivity contribution in [2.45, 2.75) is 26.3 Å². The number of thioether (sulfide) groups is 1. The van der Waals surface area contributed by atoms with Crippen molar-refractivity contribution in [3.05, 3.63) is 23.3 Å². The first-order chi connectivity index (χ1) is 8.45. The molecular formula is C13H20N2O2S. The maximum absolute atomic E-state index is 11.8. The van der Waals surface area contributed by atoms with Crippen LogP contribution in [0.15, 0.2) is 12.1 Å². The molecule has 0 bridgehead atoms. The van der Waals surface area contributed by atoms with Gasteiger partial charge in [-0.05, 0) is 49.5 Å². The number of nitrogens with two attached hydrogens (primary N) is 1. The van der Waals surface area contributed by atoms with Crippen LogP contribution in [0.5, 0.6) is 5.75 Å². The number of carbonyl (C=O) groups excluding carboxylic acids is 1. The highest BCUT2D eigenvalue weighted by Gasteiger charge is 2.15. The molecule has 1 aromatic rings. The van der Waals surface area contributed by atoms with Crippen LogP contribution in [0.1, 0.15) is 17.5 Å². The molecule has 4 N–H and O–H groups in total. The summed E-state index contributed by atoms with van der Waals surface area (Å²) in [4.78, 5) is 11.8. The lowest BCUT2D eigenvalue weighted by Crippen LogP contribution is -2.36. The van der Waals surface area contributed by atoms with Gasteiger partial charge in [0.15, 0.2) is 0 Å². The molecule has 5 heteroatoms. The molecule has 0 heterocycles. The summed E-state index contributed by atoms with van der Waals surface area (Å²) in [5, 5.41) is 12.5. The van der Waals surface area contributed by atoms with Crippen molar-refractivity contribution in [2.75, 3.05) is 17.3 Å². The molecule has 0 fully saturated rings. The summed E-state index contributed by atoms with van der Waals surface area (Å²) in [7, 11) is 0. The quantitative estimate of drug-likeness (QED) is 0.714. The summed E-state index contributed by atoms with van der Waals surface area (Å²) in [6, 6.07) is 3.05. The molecule has 100 valence electrons. The molecule has 0 aliphatic heterocycles. The van der Waals surface area contributed by atoms with Crippen LogP contribution in [-0.2, 0) is 4.79 Å². The van der Waals surface area contributed by atoms with Gasteiger partial charge in [0.05, 0.1) is 11.7 Å². The van der Waals surface area contributed by atoms with Crippen LogP contribution in [-0.4, -0.2) is 29.1 Å². The van der Waals surface area contributed by atoms with Crippen molar-refractivity contribution >= 4 is 23.4 Å². The van der Waals surface area contributed by atoms with Gasteiger partial charge in [-0.3, -0.25) is 4.79 Å². The third-order valence-electron chi connectivity index (χ3n) is 2.67. The van der Waals surface area contributed by atoms with E-state index in [1.807, 2.05) is 19.2 Å². The Bertz CT molecular complexity index is 435. The minimum atomic E-state index is -0.544. The van der Waals surface area contributed by atoms with E-state index >= 15 is 0 Å². The highest BCUT2D eigenvalue weighted by atomic mass is 32.2. The van der Waals surface area contributed by atoms with E-state index in [1.165, 1.54) is 0 Å². The highest BCUT2D eigenvalue weighted by Crippen LogP contribution is 2.28. The van der Waals surface area contributed by atoms with E-state index < -0.39 is 6.04 Å². The number of phenolic OH excluding ortho intramolecular Hbond substituents is 1. The van der Waals surface area contributed by atoms with Gasteiger partial charge in [0.25, 0.3) is 0 Å². The molecule has 1 amide bonds. The van der Waals surface area contributed by atoms with Gasteiger partial charge >= 0.3 is 0 Å². The lowest BCUT2D eigenvalue weighted by molar-refractivity contribution is -0.117. The smallest absolute Gasteiger partial charge is 0.241 e. The average Bonchev–Trinajstić information content (AvgIpc) is 2.32. The fourth-order valence-corrected chi connectivity index (χ4v) is 2.15. The second kappa shape index (κ2) is 6.66. The van der Waals surface area contributed by atoms with Crippen molar-refractivity contribution in [2.24, 2.45) is 5.73 Å². The van der Waals surface area contributed by atoms with E-state index in [0.29, 0.717) is 12.1 Å². The lowest BCUT2D eigenvalue weighted by atomic mass is 10.1. The number of aromatic hydroxyl groups is 1. The van der Waals surface area contributed by atoms with Crippen LogP contribution in [0.25, 0.3) is 0 Å². The second-order valence-electron chi connectivity index (χ2n) is 4.36. The Morgan fingerprint density at radius 3 is 2.78 bits per heavy atom. The molecule has 0 aliphatic carbocycles. The highest BCUT2D eigenvalue weighted by molar-refractivity contribution is 7.98. The Hall–Kier alpha value is -1.20. The summed E-state index contributed by atoms with van der Waals surface area (Å²) in [6.45, 7) is 3.71. The van der Waals surface area contributed by atoms with E-state index in [0.717, 1.165) is 16.9 Å². The fourth-order valence-electron chi connectivity index (χ4n) is 1.66. The van der Waals surface area contributed by atoms with Crippen LogP contribution in [0.4, 0.5) is 5.69 Å². The SMILES string of the molecule is CSCC[C@H](N)C(=O)Nc1cc(C)cc(C)c1O. The molecule has 18 heavy (non-hydrogen) atoms. The molecule has 0 saturated carbocycles. The van der Waals surface area contributed by atoms with E-state index in [-0.39, 0.29) is 11.7 Å². The van der Waals surface area contributed by atoms with Crippen LogP contribution >= 0.6 is 11.8 Å². The van der Waals surface area contributed by atoms with E-state index in [2.05, 4.69) is 5.32 Å². The molecule has 1 rings (SSSR count). The Morgan fingerprint density at radius 2 is 2.17 bits per heavy atom. The monoisotopic (exact) mass is 268 g/mol. The molecule has 0 radical (unpaired) electrons. The van der Waals surface area contributed by atoms with Gasteiger partial charge in [0.1, 0.15) is 5.75 Å². The number of phenols is 1. The van der Waals surface area contributed by atoms with E-state index in [9.17, 15) is 9.90 Å². The van der Waals surface area contributed by atoms with Crippen LogP contribution < -0.4 is 11.1 Å². The third kappa shape index (κ3) is 3.92. The Kier molecular flexibility index (Phi) is 5.50. The molecular weight excluding hydrogens is 248 g/mol. The molecule has 1 aromatic carbocycles. The van der Waals surface area contributed by atoms with Gasteiger partial charge in [-0.2, -0.15) is 11.8 Å². The van der Waals surface area contributed by atoms with Gasteiger partial charge in [-0.15, -0.1) is 0 Å². The van der Waals surface area contributed by atoms with Crippen LogP contribution in [0, 0.1) is 13.8 Å². The number of anilines is 1. The normalized spacial score (nSPS) is 12.2. The molecule has 1 atom stereocenters. The predicted octanol–water partition coefficient (Wildman–Crippen LogP) is 2.03. The number of aryl methyl sites for hydroxylation is 2. The zero-order valence-corrected chi connectivity index (χ0v) is 11.8. The van der Waals surface area contributed by atoms with Gasteiger partial charge in [-0.25, -0.2) is 0 Å². The van der Waals surface area contributed by atoms with Gasteiger partial charge in [-0.1, -0.05) is 6.07 Å². The largest absolute Gasteiger partial charge is 0.505 e. The predicted molar refractivity (Wildman–Crippen MR) is 77.2 cm³/mol. The topological polar surface area (TPSA) is 75.4 Å². The number of rotatable bonds is 5. The number of hydrogen-bond acceptors (Lipinski definition) is 4. The lowest BCUT2D eigenvalue weighted by Gasteiger charge is -2.14. The third-order valence-corrected chi connectivity index (χ3v) is 3.32. The minimum absolute atomic E-state index is 0.103. The minimum Gasteiger partial charge on any atom is -0.505 e. The zero-order chi connectivity index (χ0) is 13.7. The first kappa shape index (κ1) is 14.9. The molecule has 0 saturated heterocycles. The summed E-state index contributed by atoms with van der Waals surface area (Å²) < 4.78 is 0. The van der Waals surface area contributed by atoms with Crippen molar-refractivity contribution in [1.82, 2.24) is 0 Å². The molecule has 0 spiro atoms. The molecule has 0 aliphatic rings. The second-order valence-corrected chi connectivity index (χ2v) is 5.34. The number of nitrogens with one attached hydrogen (secondary N) is 1. The maximum Gasteiger partial charge on any atom is 0.241 e. The number of benzene rings is 1. The Balaban J connectivity index is 2.75. The number of hydrogen-bond donors (Lipinski definition) is 3. The van der Waals surface area contributed by atoms with Crippen molar-refractivity contribution in [3.63, 3.8) is 0 Å². The average molecular weight is 268 g/mol. The summed E-state index contributed by atoms with van der Waals surface area (Å²) in [5.74, 6) is 0.684. The van der Waals surface area contributed by atoms with E-state index in [4.69, 9.17) is 5.73 Å². The summed E-state index contributed by atoms with van der Waals surface area (Å²) >= 11 is 1.65. The van der Waals surface area contributed by atoms with Crippen molar-refractivity contribution < 1.29 is 9.90 Å². The van der Waals surface area contributed by atoms with Gasteiger partial charge < -0.3 is 16.2 Å². The number of carbonyl (C=O) groups is 1. The van der Waals surface area contributed by atoms with E-state index in [1.54, 1.807) is 24.8 Å². The maximum atomic E-state index is 11.8. The standard InChI is InChI=1S/C13H20N2O2S/c1-8-6-9(2)12(16)11(7-8)15-13(17)10(14)4-5-18-3/h6-7,10,16H,4-5,14H2,1-3H3,(H,15,17)/t10-/m0/s1. The Labute approximate surface area is 112 Å². The summed E-state index contributed by atoms with van der Waals surface area (Å²) in [6.07, 6.45) is 2.60. The molecule has 4 nitrogen and oxygen atoms in total. The summed E-state index contributed by atoms with van der Waals surface area (Å²) in [5.41, 5.74) is 7.92. The Morgan fingerprint density at radius 1 is 1.50 bits per heavy atom. The fraction of sp³-hybridized carbons (Fsp3) is 0.462. The molecule has 0 unspecified atom stereocenters. The van der Waals surface area contributed by atoms with Crippen LogP contribution in [0.3, 0.4) is 0 Å². The number of amides is 1. The van der Waals surface area contributed by atoms with Gasteiger partial charge in [0.2, 0.25) is 5.91 Å². The first-order valence-electron chi connectivity index (χ1n) is 5.81. The van der Waals surface area contributed by atoms with Crippen molar-refractivity contribution in [1.29, 1.82) is 0 Å². The van der Waals surface area contributed by atoms with Crippen molar-refractivity contribution in [3.8, 4) is 5.75 Å². The zero-order valence-electron chi connectivity index (χ0n) is 11.0. The molecule has 0 aromatic heterocycles. The van der Waals surface area contributed by atoms with Crippen LogP contribution in [0.2, 0.25) is 0 Å². The van der Waals surface area contributed by atoms with Gasteiger partial charge in [0, 0.05) is 0 Å².